The lowest BCUT2D eigenvalue weighted by molar-refractivity contribution is -0.00382. The molecule has 0 bridgehead atoms. The summed E-state index contributed by atoms with van der Waals surface area (Å²) in [5, 5.41) is 20.0. The lowest BCUT2D eigenvalue weighted by atomic mass is 9.90. The Hall–Kier alpha value is -3.71. The van der Waals surface area contributed by atoms with Gasteiger partial charge < -0.3 is 30.0 Å². The number of halogens is 3. The van der Waals surface area contributed by atoms with Gasteiger partial charge in [-0.3, -0.25) is 14.6 Å². The largest absolute Gasteiger partial charge is 0.496 e. The molecule has 49 heavy (non-hydrogen) atoms. The first-order valence-corrected chi connectivity index (χ1v) is 17.1. The van der Waals surface area contributed by atoms with Crippen molar-refractivity contribution in [1.82, 2.24) is 19.4 Å². The molecule has 2 unspecified atom stereocenters. The maximum Gasteiger partial charge on any atom is 0.284 e. The summed E-state index contributed by atoms with van der Waals surface area (Å²) in [6.45, 7) is 2.21. The molecule has 0 radical (unpaired) electrons. The van der Waals surface area contributed by atoms with Crippen molar-refractivity contribution >= 4 is 29.1 Å². The fourth-order valence-electron chi connectivity index (χ4n) is 7.60. The molecule has 7 rings (SSSR count). The molecule has 4 N–H and O–H groups in total. The standard InChI is InChI=1S/C36H38Cl2FN5O5/c1-42-26-11-12-44(13-14-45)34(33(26)41-36(42)35(40)47)24-8-4-7-23(30(24)37)20-5-3-6-22-21(20)9-10-27(22)49-29-15-28(48-2)25(32(39)31(29)38)18-43-16-19(46)17-43/h3-8,15,19,27,34,45-46H,9-14,16-18H2,1-2H3,(H2,40,47). The van der Waals surface area contributed by atoms with Crippen LogP contribution in [0.2, 0.25) is 10.0 Å². The number of rotatable bonds is 10. The molecule has 4 aromatic rings. The van der Waals surface area contributed by atoms with Gasteiger partial charge in [0, 0.05) is 69.1 Å². The number of ether oxygens (including phenoxy) is 2. The number of nitrogens with zero attached hydrogens (tertiary/aromatic N) is 4. The minimum atomic E-state index is -0.605. The van der Waals surface area contributed by atoms with Gasteiger partial charge in [-0.25, -0.2) is 9.37 Å². The molecule has 0 saturated carbocycles. The smallest absolute Gasteiger partial charge is 0.284 e. The Bertz CT molecular complexity index is 1930. The minimum absolute atomic E-state index is 0.0443. The lowest BCUT2D eigenvalue weighted by Gasteiger charge is -2.36. The van der Waals surface area contributed by atoms with Crippen LogP contribution in [0.15, 0.2) is 42.5 Å². The van der Waals surface area contributed by atoms with Gasteiger partial charge in [-0.05, 0) is 35.1 Å². The number of nitrogens with two attached hydrogens (primary N) is 1. The van der Waals surface area contributed by atoms with Gasteiger partial charge in [0.1, 0.15) is 22.6 Å². The molecule has 1 saturated heterocycles. The average Bonchev–Trinajstić information content (AvgIpc) is 3.64. The first kappa shape index (κ1) is 33.8. The summed E-state index contributed by atoms with van der Waals surface area (Å²) >= 11 is 13.8. The molecule has 10 nitrogen and oxygen atoms in total. The second-order valence-corrected chi connectivity index (χ2v) is 13.6. The Morgan fingerprint density at radius 3 is 2.51 bits per heavy atom. The summed E-state index contributed by atoms with van der Waals surface area (Å²) in [5.74, 6) is -0.472. The Morgan fingerprint density at radius 1 is 1.08 bits per heavy atom. The van der Waals surface area contributed by atoms with Gasteiger partial charge in [-0.15, -0.1) is 0 Å². The molecule has 3 heterocycles. The van der Waals surface area contributed by atoms with E-state index in [0.717, 1.165) is 33.5 Å². The number of imidazole rings is 1. The second-order valence-electron chi connectivity index (χ2n) is 12.9. The number of hydrogen-bond donors (Lipinski definition) is 3. The van der Waals surface area contributed by atoms with Crippen molar-refractivity contribution in [2.24, 2.45) is 12.8 Å². The summed E-state index contributed by atoms with van der Waals surface area (Å²) in [5.41, 5.74) is 12.3. The number of benzene rings is 3. The molecule has 13 heteroatoms. The molecule has 1 amide bonds. The van der Waals surface area contributed by atoms with Crippen molar-refractivity contribution in [3.05, 3.63) is 97.8 Å². The molecule has 2 aliphatic heterocycles. The van der Waals surface area contributed by atoms with Crippen molar-refractivity contribution in [2.75, 3.05) is 39.9 Å². The topological polar surface area (TPSA) is 126 Å². The predicted molar refractivity (Wildman–Crippen MR) is 184 cm³/mol. The van der Waals surface area contributed by atoms with Crippen LogP contribution in [0.4, 0.5) is 4.39 Å². The van der Waals surface area contributed by atoms with Crippen LogP contribution in [-0.4, -0.2) is 81.5 Å². The van der Waals surface area contributed by atoms with Crippen molar-refractivity contribution < 1.29 is 28.9 Å². The molecule has 1 aromatic heterocycles. The van der Waals surface area contributed by atoms with Gasteiger partial charge in [-0.1, -0.05) is 59.6 Å². The summed E-state index contributed by atoms with van der Waals surface area (Å²) < 4.78 is 29.3. The number of β-amino-alcohol motifs (C(OH)–C–C–N with tert-alkyl or cyclic N) is 2. The van der Waals surface area contributed by atoms with Gasteiger partial charge in [0.05, 0.1) is 36.6 Å². The van der Waals surface area contributed by atoms with Crippen LogP contribution in [0.5, 0.6) is 11.5 Å². The lowest BCUT2D eigenvalue weighted by Crippen LogP contribution is -2.50. The average molecular weight is 711 g/mol. The van der Waals surface area contributed by atoms with E-state index in [4.69, 9.17) is 38.4 Å². The highest BCUT2D eigenvalue weighted by atomic mass is 35.5. The third-order valence-electron chi connectivity index (χ3n) is 9.98. The first-order valence-electron chi connectivity index (χ1n) is 16.3. The quantitative estimate of drug-likeness (QED) is 0.214. The third-order valence-corrected chi connectivity index (χ3v) is 10.8. The molecule has 3 aliphatic rings. The number of amides is 1. The number of primary amides is 1. The highest BCUT2D eigenvalue weighted by Gasteiger charge is 2.36. The first-order chi connectivity index (χ1) is 23.6. The predicted octanol–water partition coefficient (Wildman–Crippen LogP) is 4.82. The van der Waals surface area contributed by atoms with E-state index in [1.807, 2.05) is 41.3 Å². The molecule has 1 aliphatic carbocycles. The van der Waals surface area contributed by atoms with Crippen molar-refractivity contribution in [3.8, 4) is 22.6 Å². The van der Waals surface area contributed by atoms with E-state index < -0.39 is 23.9 Å². The molecular weight excluding hydrogens is 672 g/mol. The molecule has 0 spiro atoms. The van der Waals surface area contributed by atoms with Gasteiger partial charge in [-0.2, -0.15) is 0 Å². The van der Waals surface area contributed by atoms with Crippen LogP contribution in [0, 0.1) is 5.82 Å². The van der Waals surface area contributed by atoms with Gasteiger partial charge in [0.2, 0.25) is 0 Å². The van der Waals surface area contributed by atoms with Gasteiger partial charge >= 0.3 is 0 Å². The van der Waals surface area contributed by atoms with Crippen LogP contribution in [-0.2, 0) is 26.4 Å². The van der Waals surface area contributed by atoms with Crippen molar-refractivity contribution in [2.45, 2.75) is 44.1 Å². The maximum atomic E-state index is 15.6. The Kier molecular flexibility index (Phi) is 9.33. The summed E-state index contributed by atoms with van der Waals surface area (Å²) in [6, 6.07) is 13.1. The number of methoxy groups -OCH3 is 1. The van der Waals surface area contributed by atoms with Crippen LogP contribution in [0.3, 0.4) is 0 Å². The van der Waals surface area contributed by atoms with E-state index in [1.54, 1.807) is 17.7 Å². The number of aliphatic hydroxyl groups is 2. The van der Waals surface area contributed by atoms with Crippen LogP contribution in [0.1, 0.15) is 62.8 Å². The monoisotopic (exact) mass is 709 g/mol. The fourth-order valence-corrected chi connectivity index (χ4v) is 8.14. The SMILES string of the molecule is COc1cc(OC2CCc3c(-c4cccc(C5c6nc(C(N)=O)n(C)c6CCN5CCO)c4Cl)cccc32)c(Cl)c(F)c1CN1CC(O)C1. The highest BCUT2D eigenvalue weighted by molar-refractivity contribution is 6.34. The van der Waals surface area contributed by atoms with Crippen LogP contribution < -0.4 is 15.2 Å². The van der Waals surface area contributed by atoms with E-state index in [1.165, 1.54) is 7.11 Å². The zero-order chi connectivity index (χ0) is 34.6. The maximum absolute atomic E-state index is 15.6. The Balaban J connectivity index is 1.22. The fraction of sp³-hybridized carbons (Fsp3) is 0.389. The second kappa shape index (κ2) is 13.5. The number of fused-ring (bicyclic) bond motifs is 2. The van der Waals surface area contributed by atoms with Crippen molar-refractivity contribution in [3.63, 3.8) is 0 Å². The summed E-state index contributed by atoms with van der Waals surface area (Å²) in [6.07, 6.45) is 1.22. The van der Waals surface area contributed by atoms with E-state index in [2.05, 4.69) is 9.88 Å². The van der Waals surface area contributed by atoms with E-state index in [9.17, 15) is 15.0 Å². The summed E-state index contributed by atoms with van der Waals surface area (Å²) in [4.78, 5) is 20.9. The number of carbonyl (C=O) groups is 1. The normalized spacial score (nSPS) is 19.4. The van der Waals surface area contributed by atoms with E-state index in [-0.39, 0.29) is 35.9 Å². The van der Waals surface area contributed by atoms with E-state index >= 15 is 4.39 Å². The van der Waals surface area contributed by atoms with Crippen LogP contribution in [0.25, 0.3) is 11.1 Å². The van der Waals surface area contributed by atoms with E-state index in [0.29, 0.717) is 67.5 Å². The zero-order valence-corrected chi connectivity index (χ0v) is 28.8. The molecular formula is C36H38Cl2FN5O5. The molecule has 1 fully saturated rings. The van der Waals surface area contributed by atoms with Crippen LogP contribution >= 0.6 is 23.2 Å². The zero-order valence-electron chi connectivity index (χ0n) is 27.3. The Morgan fingerprint density at radius 2 is 1.82 bits per heavy atom. The number of aromatic nitrogens is 2. The highest BCUT2D eigenvalue weighted by Crippen LogP contribution is 2.47. The third kappa shape index (κ3) is 5.96. The summed E-state index contributed by atoms with van der Waals surface area (Å²) in [7, 11) is 3.28. The Labute approximate surface area is 293 Å². The molecule has 258 valence electrons. The van der Waals surface area contributed by atoms with Crippen molar-refractivity contribution in [1.29, 1.82) is 0 Å². The minimum Gasteiger partial charge on any atom is -0.496 e. The van der Waals surface area contributed by atoms with Gasteiger partial charge in [0.25, 0.3) is 5.91 Å². The van der Waals surface area contributed by atoms with Gasteiger partial charge in [0.15, 0.2) is 11.6 Å². The number of hydrogen-bond acceptors (Lipinski definition) is 8. The molecule has 3 aromatic carbocycles. The number of aliphatic hydroxyl groups excluding tert-OH is 2. The number of carbonyl (C=O) groups excluding carboxylic acids is 1. The molecule has 2 atom stereocenters. The number of likely N-dealkylation sites (tertiary alicyclic amines) is 1.